The molecule has 1 aliphatic rings. The SMILES string of the molecule is COc1ccc(S(=O)(=O)N2Cc3ccccc3C[C@H]2C(=O)NCCc2ccccc2)cc1OC. The predicted octanol–water partition coefficient (Wildman–Crippen LogP) is 3.18. The van der Waals surface area contributed by atoms with E-state index in [1.807, 2.05) is 54.6 Å². The van der Waals surface area contributed by atoms with Gasteiger partial charge in [0.2, 0.25) is 15.9 Å². The molecule has 0 aromatic heterocycles. The number of nitrogens with one attached hydrogen (secondary N) is 1. The Morgan fingerprint density at radius 3 is 2.32 bits per heavy atom. The summed E-state index contributed by atoms with van der Waals surface area (Å²) in [5.74, 6) is 0.431. The molecule has 1 atom stereocenters. The second kappa shape index (κ2) is 10.3. The topological polar surface area (TPSA) is 84.9 Å². The van der Waals surface area contributed by atoms with Gasteiger partial charge in [0.05, 0.1) is 19.1 Å². The Morgan fingerprint density at radius 1 is 0.941 bits per heavy atom. The van der Waals surface area contributed by atoms with E-state index < -0.39 is 16.1 Å². The normalized spacial score (nSPS) is 15.9. The summed E-state index contributed by atoms with van der Waals surface area (Å²) in [6.45, 7) is 0.537. The molecule has 0 unspecified atom stereocenters. The number of fused-ring (bicyclic) bond motifs is 1. The molecule has 34 heavy (non-hydrogen) atoms. The summed E-state index contributed by atoms with van der Waals surface area (Å²) in [5, 5.41) is 2.94. The molecule has 3 aromatic rings. The van der Waals surface area contributed by atoms with Crippen molar-refractivity contribution in [3.05, 3.63) is 89.5 Å². The number of benzene rings is 3. The highest BCUT2D eigenvalue weighted by atomic mass is 32.2. The zero-order valence-corrected chi connectivity index (χ0v) is 20.0. The summed E-state index contributed by atoms with van der Waals surface area (Å²) in [7, 11) is -1.05. The summed E-state index contributed by atoms with van der Waals surface area (Å²) >= 11 is 0. The smallest absolute Gasteiger partial charge is 0.244 e. The molecule has 0 saturated carbocycles. The Morgan fingerprint density at radius 2 is 1.62 bits per heavy atom. The Labute approximate surface area is 200 Å². The number of nitrogens with zero attached hydrogens (tertiary/aromatic N) is 1. The minimum absolute atomic E-state index is 0.0478. The molecular formula is C26H28N2O5S. The summed E-state index contributed by atoms with van der Waals surface area (Å²) in [6, 6.07) is 21.1. The van der Waals surface area contributed by atoms with E-state index >= 15 is 0 Å². The number of sulfonamides is 1. The lowest BCUT2D eigenvalue weighted by Gasteiger charge is -2.35. The first-order valence-corrected chi connectivity index (χ1v) is 12.5. The molecule has 0 fully saturated rings. The molecule has 4 rings (SSSR count). The van der Waals surface area contributed by atoms with Crippen LogP contribution in [0.25, 0.3) is 0 Å². The van der Waals surface area contributed by atoms with Crippen molar-refractivity contribution in [2.24, 2.45) is 0 Å². The monoisotopic (exact) mass is 480 g/mol. The molecule has 178 valence electrons. The number of methoxy groups -OCH3 is 2. The molecule has 1 N–H and O–H groups in total. The van der Waals surface area contributed by atoms with Crippen molar-refractivity contribution in [2.75, 3.05) is 20.8 Å². The quantitative estimate of drug-likeness (QED) is 0.535. The molecule has 1 aliphatic heterocycles. The fourth-order valence-electron chi connectivity index (χ4n) is 4.18. The summed E-state index contributed by atoms with van der Waals surface area (Å²) in [4.78, 5) is 13.3. The molecule has 1 heterocycles. The summed E-state index contributed by atoms with van der Waals surface area (Å²) in [6.07, 6.45) is 0.970. The zero-order valence-electron chi connectivity index (χ0n) is 19.2. The van der Waals surface area contributed by atoms with Crippen LogP contribution in [0, 0.1) is 0 Å². The van der Waals surface area contributed by atoms with Crippen LogP contribution >= 0.6 is 0 Å². The van der Waals surface area contributed by atoms with Crippen LogP contribution in [0.5, 0.6) is 11.5 Å². The van der Waals surface area contributed by atoms with Crippen molar-refractivity contribution in [3.63, 3.8) is 0 Å². The number of rotatable bonds is 8. The third kappa shape index (κ3) is 4.93. The average molecular weight is 481 g/mol. The van der Waals surface area contributed by atoms with Crippen LogP contribution in [0.2, 0.25) is 0 Å². The van der Waals surface area contributed by atoms with Gasteiger partial charge in [-0.05, 0) is 41.7 Å². The van der Waals surface area contributed by atoms with Gasteiger partial charge >= 0.3 is 0 Å². The second-order valence-electron chi connectivity index (χ2n) is 8.08. The lowest BCUT2D eigenvalue weighted by atomic mass is 9.95. The number of hydrogen-bond acceptors (Lipinski definition) is 5. The fraction of sp³-hybridized carbons (Fsp3) is 0.269. The van der Waals surface area contributed by atoms with E-state index in [1.54, 1.807) is 6.07 Å². The number of hydrogen-bond donors (Lipinski definition) is 1. The van der Waals surface area contributed by atoms with E-state index in [2.05, 4.69) is 5.32 Å². The van der Waals surface area contributed by atoms with Crippen LogP contribution in [0.4, 0.5) is 0 Å². The van der Waals surface area contributed by atoms with Crippen molar-refractivity contribution < 1.29 is 22.7 Å². The highest BCUT2D eigenvalue weighted by Crippen LogP contribution is 2.34. The number of amides is 1. The van der Waals surface area contributed by atoms with Crippen molar-refractivity contribution in [3.8, 4) is 11.5 Å². The first-order valence-electron chi connectivity index (χ1n) is 11.1. The average Bonchev–Trinajstić information content (AvgIpc) is 2.88. The molecule has 0 radical (unpaired) electrons. The Hall–Kier alpha value is -3.36. The van der Waals surface area contributed by atoms with Gasteiger partial charge in [-0.1, -0.05) is 54.6 Å². The van der Waals surface area contributed by atoms with Crippen molar-refractivity contribution in [1.29, 1.82) is 0 Å². The maximum absolute atomic E-state index is 13.7. The van der Waals surface area contributed by atoms with E-state index in [-0.39, 0.29) is 17.3 Å². The molecule has 0 saturated heterocycles. The van der Waals surface area contributed by atoms with Gasteiger partial charge in [0.1, 0.15) is 6.04 Å². The van der Waals surface area contributed by atoms with Crippen LogP contribution in [0.15, 0.2) is 77.7 Å². The predicted molar refractivity (Wildman–Crippen MR) is 129 cm³/mol. The second-order valence-corrected chi connectivity index (χ2v) is 9.97. The maximum Gasteiger partial charge on any atom is 0.244 e. The van der Waals surface area contributed by atoms with Crippen molar-refractivity contribution in [1.82, 2.24) is 9.62 Å². The van der Waals surface area contributed by atoms with E-state index in [4.69, 9.17) is 9.47 Å². The Kier molecular flexibility index (Phi) is 7.19. The first-order chi connectivity index (χ1) is 16.4. The van der Waals surface area contributed by atoms with Crippen LogP contribution in [0.3, 0.4) is 0 Å². The number of ether oxygens (including phenoxy) is 2. The van der Waals surface area contributed by atoms with Gasteiger partial charge in [0.25, 0.3) is 0 Å². The van der Waals surface area contributed by atoms with Gasteiger partial charge in [0, 0.05) is 19.2 Å². The summed E-state index contributed by atoms with van der Waals surface area (Å²) in [5.41, 5.74) is 2.97. The molecule has 3 aromatic carbocycles. The largest absolute Gasteiger partial charge is 0.493 e. The molecule has 7 nitrogen and oxygen atoms in total. The van der Waals surface area contributed by atoms with Crippen LogP contribution < -0.4 is 14.8 Å². The summed E-state index contributed by atoms with van der Waals surface area (Å²) < 4.78 is 39.3. The minimum atomic E-state index is -4.00. The molecule has 1 amide bonds. The van der Waals surface area contributed by atoms with E-state index in [0.717, 1.165) is 16.7 Å². The van der Waals surface area contributed by atoms with Gasteiger partial charge < -0.3 is 14.8 Å². The molecule has 0 aliphatic carbocycles. The van der Waals surface area contributed by atoms with Crippen molar-refractivity contribution >= 4 is 15.9 Å². The standard InChI is InChI=1S/C26H28N2O5S/c1-32-24-13-12-22(17-25(24)33-2)34(30,31)28-18-21-11-7-6-10-20(21)16-23(28)26(29)27-15-14-19-8-4-3-5-9-19/h3-13,17,23H,14-16,18H2,1-2H3,(H,27,29)/t23-/m0/s1. The lowest BCUT2D eigenvalue weighted by Crippen LogP contribution is -2.52. The minimum Gasteiger partial charge on any atom is -0.493 e. The lowest BCUT2D eigenvalue weighted by molar-refractivity contribution is -0.125. The number of carbonyl (C=O) groups excluding carboxylic acids is 1. The van der Waals surface area contributed by atoms with Gasteiger partial charge in [0.15, 0.2) is 11.5 Å². The molecule has 0 spiro atoms. The Balaban J connectivity index is 1.61. The van der Waals surface area contributed by atoms with E-state index in [1.165, 1.54) is 30.7 Å². The first kappa shape index (κ1) is 23.8. The van der Waals surface area contributed by atoms with Crippen molar-refractivity contribution in [2.45, 2.75) is 30.3 Å². The third-order valence-electron chi connectivity index (χ3n) is 6.03. The van der Waals surface area contributed by atoms with Gasteiger partial charge in [-0.2, -0.15) is 4.31 Å². The van der Waals surface area contributed by atoms with Crippen LogP contribution in [0.1, 0.15) is 16.7 Å². The number of carbonyl (C=O) groups is 1. The zero-order chi connectivity index (χ0) is 24.1. The van der Waals surface area contributed by atoms with Gasteiger partial charge in [-0.15, -0.1) is 0 Å². The van der Waals surface area contributed by atoms with Gasteiger partial charge in [-0.3, -0.25) is 4.79 Å². The maximum atomic E-state index is 13.7. The molecular weight excluding hydrogens is 452 g/mol. The molecule has 8 heteroatoms. The fourth-order valence-corrected chi connectivity index (χ4v) is 5.76. The highest BCUT2D eigenvalue weighted by Gasteiger charge is 2.39. The van der Waals surface area contributed by atoms with Crippen LogP contribution in [-0.4, -0.2) is 45.4 Å². The van der Waals surface area contributed by atoms with Crippen LogP contribution in [-0.2, 0) is 34.2 Å². The van der Waals surface area contributed by atoms with Gasteiger partial charge in [-0.25, -0.2) is 8.42 Å². The van der Waals surface area contributed by atoms with E-state index in [0.29, 0.717) is 30.9 Å². The third-order valence-corrected chi connectivity index (χ3v) is 7.88. The van der Waals surface area contributed by atoms with E-state index in [9.17, 15) is 13.2 Å². The Bertz CT molecular complexity index is 1260. The molecule has 0 bridgehead atoms. The highest BCUT2D eigenvalue weighted by molar-refractivity contribution is 7.89.